The third-order valence-corrected chi connectivity index (χ3v) is 6.86. The molecule has 5 rings (SSSR count). The smallest absolute Gasteiger partial charge is 0.335 e. The fourth-order valence-electron chi connectivity index (χ4n) is 4.44. The standard InChI is InChI=1S/C30H22ClF4N3O4/c1-41-10-9-38-25-12-16(30(39)40)6-8-24(25)36-26(38)13-18-11-22(33)19(14-21(18)32)23-3-2-4-27(37-23)42-15-17-5-7-20(31)29(35)28(17)34/h2-8,11-12,14H,9-10,13,15H2,1H3,(H,39,40). The molecule has 216 valence electrons. The van der Waals surface area contributed by atoms with E-state index in [1.807, 2.05) is 0 Å². The number of ether oxygens (including phenoxy) is 2. The summed E-state index contributed by atoms with van der Waals surface area (Å²) < 4.78 is 70.9. The number of carbonyl (C=O) groups is 1. The van der Waals surface area contributed by atoms with Gasteiger partial charge in [-0.1, -0.05) is 23.7 Å². The van der Waals surface area contributed by atoms with Gasteiger partial charge in [0.05, 0.1) is 33.9 Å². The van der Waals surface area contributed by atoms with E-state index < -0.39 is 29.2 Å². The van der Waals surface area contributed by atoms with Crippen LogP contribution in [0.1, 0.15) is 27.3 Å². The Bertz CT molecular complexity index is 1810. The number of hydrogen-bond donors (Lipinski definition) is 1. The molecule has 0 atom stereocenters. The quantitative estimate of drug-likeness (QED) is 0.140. The van der Waals surface area contributed by atoms with Gasteiger partial charge in [-0.2, -0.15) is 0 Å². The van der Waals surface area contributed by atoms with Gasteiger partial charge in [-0.15, -0.1) is 0 Å². The highest BCUT2D eigenvalue weighted by Gasteiger charge is 2.19. The summed E-state index contributed by atoms with van der Waals surface area (Å²) >= 11 is 5.57. The Morgan fingerprint density at radius 3 is 2.52 bits per heavy atom. The maximum Gasteiger partial charge on any atom is 0.335 e. The molecule has 0 saturated heterocycles. The summed E-state index contributed by atoms with van der Waals surface area (Å²) in [5.74, 6) is -4.54. The van der Waals surface area contributed by atoms with Crippen molar-refractivity contribution >= 4 is 28.6 Å². The van der Waals surface area contributed by atoms with Crippen molar-refractivity contribution in [3.63, 3.8) is 0 Å². The number of benzene rings is 3. The summed E-state index contributed by atoms with van der Waals surface area (Å²) in [5.41, 5.74) is 0.958. The van der Waals surface area contributed by atoms with Crippen molar-refractivity contribution in [3.8, 4) is 17.1 Å². The van der Waals surface area contributed by atoms with Crippen molar-refractivity contribution in [1.82, 2.24) is 14.5 Å². The molecular formula is C30H22ClF4N3O4. The number of halogens is 5. The van der Waals surface area contributed by atoms with Crippen molar-refractivity contribution in [1.29, 1.82) is 0 Å². The van der Waals surface area contributed by atoms with Gasteiger partial charge in [0, 0.05) is 37.3 Å². The molecule has 0 spiro atoms. The molecule has 0 bridgehead atoms. The van der Waals surface area contributed by atoms with Crippen molar-refractivity contribution in [2.45, 2.75) is 19.6 Å². The lowest BCUT2D eigenvalue weighted by Crippen LogP contribution is -2.10. The van der Waals surface area contributed by atoms with Crippen LogP contribution in [0, 0.1) is 23.3 Å². The average Bonchev–Trinajstić information content (AvgIpc) is 3.32. The maximum absolute atomic E-state index is 15.3. The molecule has 42 heavy (non-hydrogen) atoms. The zero-order chi connectivity index (χ0) is 30.0. The van der Waals surface area contributed by atoms with Crippen molar-refractivity contribution in [3.05, 3.63) is 111 Å². The summed E-state index contributed by atoms with van der Waals surface area (Å²) in [6.07, 6.45) is -0.0797. The van der Waals surface area contributed by atoms with Gasteiger partial charge < -0.3 is 19.1 Å². The van der Waals surface area contributed by atoms with E-state index in [-0.39, 0.29) is 58.5 Å². The van der Waals surface area contributed by atoms with Gasteiger partial charge in [-0.05, 0) is 48.0 Å². The van der Waals surface area contributed by atoms with Crippen LogP contribution in [-0.4, -0.2) is 39.3 Å². The minimum atomic E-state index is -1.20. The van der Waals surface area contributed by atoms with Gasteiger partial charge in [-0.25, -0.2) is 32.3 Å². The molecule has 2 heterocycles. The van der Waals surface area contributed by atoms with E-state index in [1.165, 1.54) is 49.6 Å². The molecule has 5 aromatic rings. The molecule has 3 aromatic carbocycles. The lowest BCUT2D eigenvalue weighted by Gasteiger charge is -2.12. The number of aromatic carboxylic acids is 1. The molecule has 12 heteroatoms. The number of methoxy groups -OCH3 is 1. The topological polar surface area (TPSA) is 86.5 Å². The van der Waals surface area contributed by atoms with Gasteiger partial charge in [-0.3, -0.25) is 0 Å². The molecule has 0 saturated carbocycles. The van der Waals surface area contributed by atoms with Crippen molar-refractivity contribution < 1.29 is 36.9 Å². The second-order valence-corrected chi connectivity index (χ2v) is 9.67. The van der Waals surface area contributed by atoms with Crippen molar-refractivity contribution in [2.75, 3.05) is 13.7 Å². The molecule has 0 unspecified atom stereocenters. The van der Waals surface area contributed by atoms with E-state index in [0.29, 0.717) is 23.4 Å². The first-order chi connectivity index (χ1) is 20.2. The molecule has 0 aliphatic heterocycles. The van der Waals surface area contributed by atoms with E-state index in [0.717, 1.165) is 12.1 Å². The summed E-state index contributed by atoms with van der Waals surface area (Å²) in [5, 5.41) is 9.01. The van der Waals surface area contributed by atoms with Crippen LogP contribution in [0.3, 0.4) is 0 Å². The number of imidazole rings is 1. The third kappa shape index (κ3) is 5.93. The Balaban J connectivity index is 1.41. The fraction of sp³-hybridized carbons (Fsp3) is 0.167. The maximum atomic E-state index is 15.3. The molecule has 1 N–H and O–H groups in total. The zero-order valence-corrected chi connectivity index (χ0v) is 22.8. The summed E-state index contributed by atoms with van der Waals surface area (Å²) in [4.78, 5) is 20.2. The van der Waals surface area contributed by atoms with Crippen LogP contribution < -0.4 is 4.74 Å². The number of nitrogens with zero attached hydrogens (tertiary/aromatic N) is 3. The molecule has 0 radical (unpaired) electrons. The largest absolute Gasteiger partial charge is 0.478 e. The van der Waals surface area contributed by atoms with E-state index in [9.17, 15) is 18.7 Å². The van der Waals surface area contributed by atoms with Crippen LogP contribution in [-0.2, 0) is 24.3 Å². The van der Waals surface area contributed by atoms with Gasteiger partial charge in [0.25, 0.3) is 0 Å². The fourth-order valence-corrected chi connectivity index (χ4v) is 4.58. The van der Waals surface area contributed by atoms with Gasteiger partial charge >= 0.3 is 5.97 Å². The summed E-state index contributed by atoms with van der Waals surface area (Å²) in [7, 11) is 1.51. The zero-order valence-electron chi connectivity index (χ0n) is 22.0. The second-order valence-electron chi connectivity index (χ2n) is 9.27. The van der Waals surface area contributed by atoms with Crippen LogP contribution in [0.2, 0.25) is 5.02 Å². The lowest BCUT2D eigenvalue weighted by molar-refractivity contribution is 0.0697. The van der Waals surface area contributed by atoms with Crippen LogP contribution in [0.25, 0.3) is 22.3 Å². The Hall–Kier alpha value is -4.48. The second kappa shape index (κ2) is 12.2. The van der Waals surface area contributed by atoms with E-state index >= 15 is 8.78 Å². The van der Waals surface area contributed by atoms with Crippen LogP contribution in [0.4, 0.5) is 17.6 Å². The number of rotatable bonds is 10. The van der Waals surface area contributed by atoms with Crippen molar-refractivity contribution in [2.24, 2.45) is 0 Å². The Labute approximate surface area is 241 Å². The molecule has 7 nitrogen and oxygen atoms in total. The van der Waals surface area contributed by atoms with E-state index in [1.54, 1.807) is 10.6 Å². The predicted octanol–water partition coefficient (Wildman–Crippen LogP) is 6.82. The molecule has 2 aromatic heterocycles. The normalized spacial score (nSPS) is 11.3. The van der Waals surface area contributed by atoms with Gasteiger partial charge in [0.2, 0.25) is 5.88 Å². The molecular weight excluding hydrogens is 578 g/mol. The third-order valence-electron chi connectivity index (χ3n) is 6.57. The molecule has 0 amide bonds. The Morgan fingerprint density at radius 1 is 0.952 bits per heavy atom. The monoisotopic (exact) mass is 599 g/mol. The van der Waals surface area contributed by atoms with Crippen LogP contribution >= 0.6 is 11.6 Å². The molecule has 0 aliphatic rings. The highest BCUT2D eigenvalue weighted by molar-refractivity contribution is 6.30. The van der Waals surface area contributed by atoms with E-state index in [2.05, 4.69) is 9.97 Å². The minimum absolute atomic E-state index is 0.0151. The molecule has 0 fully saturated rings. The van der Waals surface area contributed by atoms with E-state index in [4.69, 9.17) is 21.1 Å². The van der Waals surface area contributed by atoms with Gasteiger partial charge in [0.15, 0.2) is 11.6 Å². The number of aromatic nitrogens is 3. The Morgan fingerprint density at radius 2 is 1.76 bits per heavy atom. The summed E-state index contributed by atoms with van der Waals surface area (Å²) in [6.45, 7) is 0.232. The minimum Gasteiger partial charge on any atom is -0.478 e. The average molecular weight is 600 g/mol. The van der Waals surface area contributed by atoms with Gasteiger partial charge in [0.1, 0.15) is 24.1 Å². The Kier molecular flexibility index (Phi) is 8.41. The lowest BCUT2D eigenvalue weighted by atomic mass is 10.0. The number of carboxylic acids is 1. The SMILES string of the molecule is COCCn1c(Cc2cc(F)c(-c3cccc(OCc4ccc(Cl)c(F)c4F)n3)cc2F)nc2ccc(C(=O)O)cc21. The summed E-state index contributed by atoms with van der Waals surface area (Å²) in [6, 6.07) is 13.4. The van der Waals surface area contributed by atoms with Crippen LogP contribution in [0.15, 0.2) is 60.7 Å². The number of hydrogen-bond acceptors (Lipinski definition) is 5. The first kappa shape index (κ1) is 29.0. The number of carboxylic acid groups (broad SMARTS) is 1. The highest BCUT2D eigenvalue weighted by Crippen LogP contribution is 2.29. The number of fused-ring (bicyclic) bond motifs is 1. The first-order valence-electron chi connectivity index (χ1n) is 12.6. The highest BCUT2D eigenvalue weighted by atomic mass is 35.5. The van der Waals surface area contributed by atoms with Crippen LogP contribution in [0.5, 0.6) is 5.88 Å². The predicted molar refractivity (Wildman–Crippen MR) is 147 cm³/mol. The molecule has 0 aliphatic carbocycles. The first-order valence-corrected chi connectivity index (χ1v) is 13.0. The number of pyridine rings is 1.